The van der Waals surface area contributed by atoms with E-state index in [2.05, 4.69) is 15.3 Å². The molecular weight excluding hydrogens is 220 g/mol. The summed E-state index contributed by atoms with van der Waals surface area (Å²) in [5, 5.41) is 14.0. The van der Waals surface area contributed by atoms with E-state index in [0.29, 0.717) is 36.2 Å². The van der Waals surface area contributed by atoms with Crippen LogP contribution in [-0.4, -0.2) is 21.4 Å². The standard InChI is InChI=1S/C11H18N4O2/c1-5-12-11-13-8(4)10(15(16)17)9(14-11)6-7(2)3/h7H,5-6H2,1-4H3,(H,12,13,14). The molecule has 0 saturated carbocycles. The molecule has 6 nitrogen and oxygen atoms in total. The lowest BCUT2D eigenvalue weighted by molar-refractivity contribution is -0.386. The van der Waals surface area contributed by atoms with Gasteiger partial charge in [-0.05, 0) is 26.2 Å². The highest BCUT2D eigenvalue weighted by molar-refractivity contribution is 5.44. The van der Waals surface area contributed by atoms with Gasteiger partial charge in [0.25, 0.3) is 0 Å². The zero-order valence-electron chi connectivity index (χ0n) is 10.6. The Bertz CT molecular complexity index is 418. The molecule has 0 aliphatic carbocycles. The summed E-state index contributed by atoms with van der Waals surface area (Å²) in [5.74, 6) is 0.781. The number of anilines is 1. The van der Waals surface area contributed by atoms with Crippen molar-refractivity contribution in [1.29, 1.82) is 0 Å². The number of hydrogen-bond acceptors (Lipinski definition) is 5. The Labute approximate surface area is 101 Å². The summed E-state index contributed by atoms with van der Waals surface area (Å²) >= 11 is 0. The Morgan fingerprint density at radius 1 is 1.41 bits per heavy atom. The van der Waals surface area contributed by atoms with Crippen molar-refractivity contribution in [2.24, 2.45) is 5.92 Å². The van der Waals surface area contributed by atoms with E-state index in [4.69, 9.17) is 0 Å². The molecule has 0 aromatic carbocycles. The van der Waals surface area contributed by atoms with E-state index < -0.39 is 4.92 Å². The highest BCUT2D eigenvalue weighted by Crippen LogP contribution is 2.24. The molecule has 6 heteroatoms. The number of hydrogen-bond donors (Lipinski definition) is 1. The third-order valence-electron chi connectivity index (χ3n) is 2.25. The Hall–Kier alpha value is -1.72. The molecule has 94 valence electrons. The van der Waals surface area contributed by atoms with Crippen molar-refractivity contribution in [2.45, 2.75) is 34.1 Å². The van der Waals surface area contributed by atoms with Crippen LogP contribution in [0.15, 0.2) is 0 Å². The molecule has 0 saturated heterocycles. The van der Waals surface area contributed by atoms with Gasteiger partial charge in [0, 0.05) is 6.54 Å². The lowest BCUT2D eigenvalue weighted by Crippen LogP contribution is -2.11. The van der Waals surface area contributed by atoms with Crippen LogP contribution in [-0.2, 0) is 6.42 Å². The predicted molar refractivity (Wildman–Crippen MR) is 66.1 cm³/mol. The van der Waals surface area contributed by atoms with E-state index >= 15 is 0 Å². The predicted octanol–water partition coefficient (Wildman–Crippen LogP) is 2.32. The van der Waals surface area contributed by atoms with Crippen molar-refractivity contribution >= 4 is 11.6 Å². The van der Waals surface area contributed by atoms with Crippen molar-refractivity contribution in [3.8, 4) is 0 Å². The fraction of sp³-hybridized carbons (Fsp3) is 0.636. The van der Waals surface area contributed by atoms with Gasteiger partial charge in [-0.25, -0.2) is 9.97 Å². The first kappa shape index (κ1) is 13.3. The number of aryl methyl sites for hydroxylation is 1. The first-order chi connectivity index (χ1) is 7.95. The third-order valence-corrected chi connectivity index (χ3v) is 2.25. The molecule has 0 fully saturated rings. The minimum absolute atomic E-state index is 0.0420. The summed E-state index contributed by atoms with van der Waals surface area (Å²) in [5.41, 5.74) is 0.963. The smallest absolute Gasteiger partial charge is 0.311 e. The first-order valence-electron chi connectivity index (χ1n) is 5.71. The third kappa shape index (κ3) is 3.37. The van der Waals surface area contributed by atoms with Gasteiger partial charge < -0.3 is 5.32 Å². The van der Waals surface area contributed by atoms with Gasteiger partial charge in [-0.2, -0.15) is 0 Å². The maximum atomic E-state index is 11.0. The number of nitrogens with one attached hydrogen (secondary N) is 1. The molecule has 0 amide bonds. The molecule has 17 heavy (non-hydrogen) atoms. The number of nitrogens with zero attached hydrogens (tertiary/aromatic N) is 3. The van der Waals surface area contributed by atoms with E-state index in [0.717, 1.165) is 0 Å². The molecule has 0 unspecified atom stereocenters. The average molecular weight is 238 g/mol. The zero-order chi connectivity index (χ0) is 13.0. The highest BCUT2D eigenvalue weighted by Gasteiger charge is 2.22. The van der Waals surface area contributed by atoms with Gasteiger partial charge in [0.2, 0.25) is 5.95 Å². The van der Waals surface area contributed by atoms with E-state index in [1.807, 2.05) is 20.8 Å². The highest BCUT2D eigenvalue weighted by atomic mass is 16.6. The van der Waals surface area contributed by atoms with Gasteiger partial charge >= 0.3 is 5.69 Å². The Morgan fingerprint density at radius 2 is 2.06 bits per heavy atom. The summed E-state index contributed by atoms with van der Waals surface area (Å²) in [7, 11) is 0. The van der Waals surface area contributed by atoms with Gasteiger partial charge in [0.15, 0.2) is 0 Å². The molecular formula is C11H18N4O2. The van der Waals surface area contributed by atoms with E-state index in [-0.39, 0.29) is 5.69 Å². The van der Waals surface area contributed by atoms with Crippen molar-refractivity contribution in [2.75, 3.05) is 11.9 Å². The Balaban J connectivity index is 3.23. The minimum atomic E-state index is -0.400. The normalized spacial score (nSPS) is 10.6. The molecule has 1 aromatic heterocycles. The maximum Gasteiger partial charge on any atom is 0.311 e. The molecule has 0 aliphatic rings. The van der Waals surface area contributed by atoms with E-state index in [1.54, 1.807) is 6.92 Å². The minimum Gasteiger partial charge on any atom is -0.354 e. The molecule has 0 spiro atoms. The molecule has 1 N–H and O–H groups in total. The second-order valence-electron chi connectivity index (χ2n) is 4.31. The van der Waals surface area contributed by atoms with Crippen LogP contribution in [0.5, 0.6) is 0 Å². The lowest BCUT2D eigenvalue weighted by Gasteiger charge is -2.09. The molecule has 1 rings (SSSR count). The number of rotatable bonds is 5. The first-order valence-corrected chi connectivity index (χ1v) is 5.71. The summed E-state index contributed by atoms with van der Waals surface area (Å²) < 4.78 is 0. The SMILES string of the molecule is CCNc1nc(C)c([N+](=O)[O-])c(CC(C)C)n1. The van der Waals surface area contributed by atoms with Crippen LogP contribution in [0.25, 0.3) is 0 Å². The van der Waals surface area contributed by atoms with Crippen molar-refractivity contribution in [3.63, 3.8) is 0 Å². The molecule has 1 heterocycles. The fourth-order valence-electron chi connectivity index (χ4n) is 1.63. The van der Waals surface area contributed by atoms with E-state index in [1.165, 1.54) is 0 Å². The van der Waals surface area contributed by atoms with Gasteiger partial charge in [-0.3, -0.25) is 10.1 Å². The van der Waals surface area contributed by atoms with Crippen molar-refractivity contribution in [3.05, 3.63) is 21.5 Å². The quantitative estimate of drug-likeness (QED) is 0.629. The van der Waals surface area contributed by atoms with Crippen LogP contribution in [0, 0.1) is 23.0 Å². The Kier molecular flexibility index (Phi) is 4.37. The van der Waals surface area contributed by atoms with Crippen LogP contribution >= 0.6 is 0 Å². The number of nitro groups is 1. The second-order valence-corrected chi connectivity index (χ2v) is 4.31. The molecule has 0 bridgehead atoms. The maximum absolute atomic E-state index is 11.0. The number of aromatic nitrogens is 2. The van der Waals surface area contributed by atoms with Crippen LogP contribution in [0.2, 0.25) is 0 Å². The van der Waals surface area contributed by atoms with Crippen LogP contribution in [0.3, 0.4) is 0 Å². The Morgan fingerprint density at radius 3 is 2.53 bits per heavy atom. The van der Waals surface area contributed by atoms with Gasteiger partial charge in [-0.15, -0.1) is 0 Å². The molecule has 0 atom stereocenters. The average Bonchev–Trinajstić information content (AvgIpc) is 2.15. The van der Waals surface area contributed by atoms with Crippen LogP contribution in [0.4, 0.5) is 11.6 Å². The molecule has 0 aliphatic heterocycles. The summed E-state index contributed by atoms with van der Waals surface area (Å²) in [4.78, 5) is 18.9. The zero-order valence-corrected chi connectivity index (χ0v) is 10.6. The lowest BCUT2D eigenvalue weighted by atomic mass is 10.1. The molecule has 1 aromatic rings. The topological polar surface area (TPSA) is 81.0 Å². The summed E-state index contributed by atoms with van der Waals surface area (Å²) in [6, 6.07) is 0. The summed E-state index contributed by atoms with van der Waals surface area (Å²) in [6.07, 6.45) is 0.581. The second kappa shape index (κ2) is 5.56. The van der Waals surface area contributed by atoms with E-state index in [9.17, 15) is 10.1 Å². The van der Waals surface area contributed by atoms with Gasteiger partial charge in [-0.1, -0.05) is 13.8 Å². The van der Waals surface area contributed by atoms with Gasteiger partial charge in [0.1, 0.15) is 11.4 Å². The summed E-state index contributed by atoms with van der Waals surface area (Å²) in [6.45, 7) is 8.28. The fourth-order valence-corrected chi connectivity index (χ4v) is 1.63. The van der Waals surface area contributed by atoms with Crippen LogP contribution < -0.4 is 5.32 Å². The van der Waals surface area contributed by atoms with Crippen LogP contribution in [0.1, 0.15) is 32.2 Å². The monoisotopic (exact) mass is 238 g/mol. The van der Waals surface area contributed by atoms with Crippen molar-refractivity contribution < 1.29 is 4.92 Å². The largest absolute Gasteiger partial charge is 0.354 e. The molecule has 0 radical (unpaired) electrons. The van der Waals surface area contributed by atoms with Gasteiger partial charge in [0.05, 0.1) is 4.92 Å². The van der Waals surface area contributed by atoms with Crippen molar-refractivity contribution in [1.82, 2.24) is 9.97 Å².